The van der Waals surface area contributed by atoms with E-state index in [2.05, 4.69) is 42.9 Å². The summed E-state index contributed by atoms with van der Waals surface area (Å²) in [5.41, 5.74) is 5.82. The fourth-order valence-corrected chi connectivity index (χ4v) is 2.21. The third-order valence-corrected chi connectivity index (χ3v) is 3.11. The van der Waals surface area contributed by atoms with Crippen LogP contribution >= 0.6 is 0 Å². The Balaban J connectivity index is 2.28. The number of nitrogens with two attached hydrogens (primary N) is 1. The van der Waals surface area contributed by atoms with E-state index in [1.807, 2.05) is 0 Å². The molecule has 1 aliphatic heterocycles. The summed E-state index contributed by atoms with van der Waals surface area (Å²) >= 11 is 0. The van der Waals surface area contributed by atoms with Gasteiger partial charge >= 0.3 is 0 Å². The van der Waals surface area contributed by atoms with E-state index in [1.165, 1.54) is 25.8 Å². The van der Waals surface area contributed by atoms with Crippen LogP contribution in [0.5, 0.6) is 0 Å². The van der Waals surface area contributed by atoms with Gasteiger partial charge in [-0.25, -0.2) is 0 Å². The average molecular weight is 240 g/mol. The van der Waals surface area contributed by atoms with Crippen molar-refractivity contribution in [3.63, 3.8) is 0 Å². The van der Waals surface area contributed by atoms with E-state index in [4.69, 9.17) is 5.73 Å². The highest BCUT2D eigenvalue weighted by Gasteiger charge is 2.17. The molecule has 0 aliphatic carbocycles. The number of piperidine rings is 1. The highest BCUT2D eigenvalue weighted by molar-refractivity contribution is 5.78. The summed E-state index contributed by atoms with van der Waals surface area (Å²) in [6, 6.07) is 0.704. The third-order valence-electron chi connectivity index (χ3n) is 3.11. The van der Waals surface area contributed by atoms with E-state index in [0.29, 0.717) is 12.0 Å². The third kappa shape index (κ3) is 5.91. The predicted molar refractivity (Wildman–Crippen MR) is 74.3 cm³/mol. The van der Waals surface area contributed by atoms with Gasteiger partial charge in [0, 0.05) is 18.1 Å². The van der Waals surface area contributed by atoms with Crippen LogP contribution in [-0.4, -0.2) is 42.1 Å². The summed E-state index contributed by atoms with van der Waals surface area (Å²) in [5.74, 6) is 0.558. The molecule has 0 saturated carbocycles. The molecule has 1 unspecified atom stereocenters. The molecule has 0 radical (unpaired) electrons. The second-order valence-electron chi connectivity index (χ2n) is 6.02. The molecule has 1 heterocycles. The molecule has 0 spiro atoms. The van der Waals surface area contributed by atoms with Crippen molar-refractivity contribution in [1.82, 2.24) is 10.2 Å². The maximum atomic E-state index is 5.83. The van der Waals surface area contributed by atoms with Gasteiger partial charge in [0.1, 0.15) is 0 Å². The molecule has 0 amide bonds. The maximum absolute atomic E-state index is 5.83. The lowest BCUT2D eigenvalue weighted by molar-refractivity contribution is 0.166. The molecule has 0 bridgehead atoms. The molecule has 0 aromatic heterocycles. The van der Waals surface area contributed by atoms with Crippen LogP contribution in [0.25, 0.3) is 0 Å². The molecule has 4 heteroatoms. The molecule has 3 N–H and O–H groups in total. The standard InChI is InChI=1S/C13H28N4/c1-11-7-5-6-9-17(11)10-8-15-12(14)16-13(2,3)4/h11H,5-10H2,1-4H3,(H3,14,15,16). The number of nitrogens with one attached hydrogen (secondary N) is 1. The minimum absolute atomic E-state index is 0.00794. The van der Waals surface area contributed by atoms with Crippen LogP contribution < -0.4 is 11.1 Å². The highest BCUT2D eigenvalue weighted by atomic mass is 15.2. The summed E-state index contributed by atoms with van der Waals surface area (Å²) in [6.45, 7) is 11.6. The van der Waals surface area contributed by atoms with Crippen molar-refractivity contribution in [3.8, 4) is 0 Å². The highest BCUT2D eigenvalue weighted by Crippen LogP contribution is 2.15. The van der Waals surface area contributed by atoms with Crippen molar-refractivity contribution in [2.75, 3.05) is 19.6 Å². The summed E-state index contributed by atoms with van der Waals surface area (Å²) in [4.78, 5) is 6.89. The molecule has 1 saturated heterocycles. The minimum atomic E-state index is -0.00794. The van der Waals surface area contributed by atoms with Gasteiger partial charge in [-0.05, 0) is 47.1 Å². The molecule has 1 fully saturated rings. The first-order valence-corrected chi connectivity index (χ1v) is 6.70. The Hall–Kier alpha value is -0.770. The van der Waals surface area contributed by atoms with E-state index in [-0.39, 0.29) is 5.54 Å². The van der Waals surface area contributed by atoms with Crippen LogP contribution in [0.1, 0.15) is 47.0 Å². The first-order chi connectivity index (χ1) is 7.88. The molecule has 100 valence electrons. The fraction of sp³-hybridized carbons (Fsp3) is 0.923. The van der Waals surface area contributed by atoms with Gasteiger partial charge in [-0.15, -0.1) is 0 Å². The molecule has 17 heavy (non-hydrogen) atoms. The zero-order valence-corrected chi connectivity index (χ0v) is 11.8. The van der Waals surface area contributed by atoms with E-state index in [0.717, 1.165) is 13.1 Å². The Morgan fingerprint density at radius 3 is 2.71 bits per heavy atom. The molecule has 4 nitrogen and oxygen atoms in total. The topological polar surface area (TPSA) is 53.6 Å². The number of hydrogen-bond donors (Lipinski definition) is 2. The van der Waals surface area contributed by atoms with E-state index in [1.54, 1.807) is 0 Å². The number of hydrogen-bond acceptors (Lipinski definition) is 2. The number of rotatable bonds is 3. The van der Waals surface area contributed by atoms with Crippen molar-refractivity contribution in [1.29, 1.82) is 0 Å². The molecule has 1 rings (SSSR count). The van der Waals surface area contributed by atoms with E-state index < -0.39 is 0 Å². The van der Waals surface area contributed by atoms with Gasteiger partial charge in [0.15, 0.2) is 5.96 Å². The van der Waals surface area contributed by atoms with Crippen molar-refractivity contribution >= 4 is 5.96 Å². The first kappa shape index (κ1) is 14.3. The lowest BCUT2D eigenvalue weighted by Gasteiger charge is -2.32. The SMILES string of the molecule is CC1CCCCN1CCN=C(N)NC(C)(C)C. The number of aliphatic imine (C=N–C) groups is 1. The summed E-state index contributed by atoms with van der Waals surface area (Å²) < 4.78 is 0. The van der Waals surface area contributed by atoms with Gasteiger partial charge in [0.2, 0.25) is 0 Å². The van der Waals surface area contributed by atoms with Crippen LogP contribution in [0, 0.1) is 0 Å². The van der Waals surface area contributed by atoms with Crippen molar-refractivity contribution in [2.24, 2.45) is 10.7 Å². The van der Waals surface area contributed by atoms with Gasteiger partial charge < -0.3 is 11.1 Å². The lowest BCUT2D eigenvalue weighted by atomic mass is 10.0. The first-order valence-electron chi connectivity index (χ1n) is 6.70. The van der Waals surface area contributed by atoms with Gasteiger partial charge in [0.05, 0.1) is 6.54 Å². The van der Waals surface area contributed by atoms with Crippen LogP contribution in [0.3, 0.4) is 0 Å². The Morgan fingerprint density at radius 2 is 2.12 bits per heavy atom. The van der Waals surface area contributed by atoms with Crippen LogP contribution in [0.4, 0.5) is 0 Å². The number of guanidine groups is 1. The van der Waals surface area contributed by atoms with Crippen molar-refractivity contribution < 1.29 is 0 Å². The van der Waals surface area contributed by atoms with Crippen LogP contribution in [-0.2, 0) is 0 Å². The molecule has 0 aromatic rings. The molecule has 0 aromatic carbocycles. The molecule has 1 aliphatic rings. The second-order valence-corrected chi connectivity index (χ2v) is 6.02. The molecular formula is C13H28N4. The van der Waals surface area contributed by atoms with Gasteiger partial charge in [-0.1, -0.05) is 6.42 Å². The second kappa shape index (κ2) is 6.24. The zero-order chi connectivity index (χ0) is 12.9. The normalized spacial score (nSPS) is 23.8. The van der Waals surface area contributed by atoms with E-state index in [9.17, 15) is 0 Å². The van der Waals surface area contributed by atoms with Gasteiger partial charge in [-0.3, -0.25) is 9.89 Å². The Morgan fingerprint density at radius 1 is 1.41 bits per heavy atom. The van der Waals surface area contributed by atoms with E-state index >= 15 is 0 Å². The summed E-state index contributed by atoms with van der Waals surface area (Å²) in [7, 11) is 0. The smallest absolute Gasteiger partial charge is 0.189 e. The minimum Gasteiger partial charge on any atom is -0.370 e. The average Bonchev–Trinajstić information content (AvgIpc) is 2.18. The summed E-state index contributed by atoms with van der Waals surface area (Å²) in [5, 5.41) is 3.18. The zero-order valence-electron chi connectivity index (χ0n) is 11.8. The van der Waals surface area contributed by atoms with Crippen LogP contribution in [0.15, 0.2) is 4.99 Å². The van der Waals surface area contributed by atoms with Gasteiger partial charge in [0.25, 0.3) is 0 Å². The number of nitrogens with zero attached hydrogens (tertiary/aromatic N) is 2. The number of likely N-dealkylation sites (tertiary alicyclic amines) is 1. The van der Waals surface area contributed by atoms with Crippen molar-refractivity contribution in [2.45, 2.75) is 58.5 Å². The molecular weight excluding hydrogens is 212 g/mol. The Labute approximate surface area is 106 Å². The quantitative estimate of drug-likeness (QED) is 0.581. The molecule has 1 atom stereocenters. The largest absolute Gasteiger partial charge is 0.370 e. The summed E-state index contributed by atoms with van der Waals surface area (Å²) in [6.07, 6.45) is 4.01. The Kier molecular flexibility index (Phi) is 5.25. The Bertz CT molecular complexity index is 255. The van der Waals surface area contributed by atoms with Crippen molar-refractivity contribution in [3.05, 3.63) is 0 Å². The predicted octanol–water partition coefficient (Wildman–Crippen LogP) is 1.56. The maximum Gasteiger partial charge on any atom is 0.189 e. The van der Waals surface area contributed by atoms with Gasteiger partial charge in [-0.2, -0.15) is 0 Å². The van der Waals surface area contributed by atoms with Crippen LogP contribution in [0.2, 0.25) is 0 Å². The lowest BCUT2D eigenvalue weighted by Crippen LogP contribution is -2.45. The monoisotopic (exact) mass is 240 g/mol. The fourth-order valence-electron chi connectivity index (χ4n) is 2.21.